The van der Waals surface area contributed by atoms with Crippen LogP contribution in [0, 0.1) is 11.8 Å². The molecule has 0 aromatic heterocycles. The normalized spacial score (nSPS) is 46.1. The molecular weight excluding hydrogens is 100 g/mol. The number of aliphatic hydroxyl groups is 1. The van der Waals surface area contributed by atoms with Crippen molar-refractivity contribution in [1.29, 1.82) is 0 Å². The Morgan fingerprint density at radius 2 is 1.88 bits per heavy atom. The summed E-state index contributed by atoms with van der Waals surface area (Å²) >= 11 is 0. The fourth-order valence-corrected chi connectivity index (χ4v) is 1.57. The second kappa shape index (κ2) is 1.47. The summed E-state index contributed by atoms with van der Waals surface area (Å²) in [5.41, 5.74) is 0. The van der Waals surface area contributed by atoms with Gasteiger partial charge >= 0.3 is 0 Å². The summed E-state index contributed by atoms with van der Waals surface area (Å²) in [4.78, 5) is 0. The maximum atomic E-state index is 8.96. The molecule has 46 valence electrons. The average molecular weight is 112 g/mol. The Bertz CT molecular complexity index is 93.8. The molecule has 1 nitrogen and oxygen atoms in total. The molecule has 0 spiro atoms. The number of rotatable bonds is 1. The highest BCUT2D eigenvalue weighted by Crippen LogP contribution is 2.46. The van der Waals surface area contributed by atoms with Gasteiger partial charge in [-0.15, -0.1) is 0 Å². The molecule has 0 aliphatic heterocycles. The van der Waals surface area contributed by atoms with Crippen LogP contribution in [0.5, 0.6) is 0 Å². The van der Waals surface area contributed by atoms with Crippen LogP contribution in [0.2, 0.25) is 0 Å². The fourth-order valence-electron chi connectivity index (χ4n) is 1.57. The Hall–Kier alpha value is -0.0400. The van der Waals surface area contributed by atoms with Crippen molar-refractivity contribution >= 4 is 0 Å². The first-order valence-corrected chi connectivity index (χ1v) is 3.56. The topological polar surface area (TPSA) is 20.2 Å². The maximum absolute atomic E-state index is 8.96. The van der Waals surface area contributed by atoms with Crippen molar-refractivity contribution in [3.63, 3.8) is 0 Å². The molecule has 0 saturated heterocycles. The van der Waals surface area contributed by atoms with Crippen LogP contribution in [-0.4, -0.2) is 11.2 Å². The van der Waals surface area contributed by atoms with E-state index >= 15 is 0 Å². The molecule has 2 atom stereocenters. The van der Waals surface area contributed by atoms with Crippen molar-refractivity contribution in [2.75, 3.05) is 0 Å². The molecule has 0 aromatic carbocycles. The Morgan fingerprint density at radius 1 is 1.25 bits per heavy atom. The predicted octanol–water partition coefficient (Wildman–Crippen LogP) is 1.17. The monoisotopic (exact) mass is 112 g/mol. The van der Waals surface area contributed by atoms with Gasteiger partial charge in [0.05, 0.1) is 6.10 Å². The molecule has 2 aliphatic rings. The lowest BCUT2D eigenvalue weighted by Crippen LogP contribution is -2.14. The molecule has 2 unspecified atom stereocenters. The Morgan fingerprint density at radius 3 is 2.00 bits per heavy atom. The molecule has 0 amide bonds. The number of aliphatic hydroxyl groups excluding tert-OH is 1. The van der Waals surface area contributed by atoms with Gasteiger partial charge in [0, 0.05) is 0 Å². The van der Waals surface area contributed by atoms with Crippen LogP contribution in [-0.2, 0) is 0 Å². The first-order chi connectivity index (χ1) is 3.88. The zero-order valence-corrected chi connectivity index (χ0v) is 5.01. The summed E-state index contributed by atoms with van der Waals surface area (Å²) in [7, 11) is 0. The standard InChI is InChI=1S/C7H12O/c8-7-4-6(7)5-2-1-3-5/h5-8H,1-4H2. The summed E-state index contributed by atoms with van der Waals surface area (Å²) in [5, 5.41) is 8.96. The van der Waals surface area contributed by atoms with Crippen LogP contribution in [0.3, 0.4) is 0 Å². The van der Waals surface area contributed by atoms with E-state index in [0.29, 0.717) is 0 Å². The fraction of sp³-hybridized carbons (Fsp3) is 1.00. The SMILES string of the molecule is OC1CC1C1CCC1. The van der Waals surface area contributed by atoms with Crippen LogP contribution in [0.25, 0.3) is 0 Å². The van der Waals surface area contributed by atoms with E-state index in [4.69, 9.17) is 5.11 Å². The largest absolute Gasteiger partial charge is 0.393 e. The highest BCUT2D eigenvalue weighted by molar-refractivity contribution is 4.94. The summed E-state index contributed by atoms with van der Waals surface area (Å²) in [6.07, 6.45) is 5.39. The van der Waals surface area contributed by atoms with E-state index in [2.05, 4.69) is 0 Å². The summed E-state index contributed by atoms with van der Waals surface area (Å²) in [5.74, 6) is 1.65. The predicted molar refractivity (Wildman–Crippen MR) is 31.5 cm³/mol. The van der Waals surface area contributed by atoms with Crippen molar-refractivity contribution < 1.29 is 5.11 Å². The van der Waals surface area contributed by atoms with Crippen molar-refractivity contribution in [3.8, 4) is 0 Å². The molecule has 0 bridgehead atoms. The minimum absolute atomic E-state index is 0.0975. The van der Waals surface area contributed by atoms with Crippen molar-refractivity contribution in [3.05, 3.63) is 0 Å². The third-order valence-corrected chi connectivity index (χ3v) is 2.56. The maximum Gasteiger partial charge on any atom is 0.0575 e. The Labute approximate surface area is 49.7 Å². The van der Waals surface area contributed by atoms with Gasteiger partial charge in [-0.3, -0.25) is 0 Å². The van der Waals surface area contributed by atoms with E-state index in [1.165, 1.54) is 19.3 Å². The third-order valence-electron chi connectivity index (χ3n) is 2.56. The van der Waals surface area contributed by atoms with E-state index in [-0.39, 0.29) is 6.10 Å². The first-order valence-electron chi connectivity index (χ1n) is 3.56. The van der Waals surface area contributed by atoms with Gasteiger partial charge < -0.3 is 5.11 Å². The molecule has 0 aromatic rings. The van der Waals surface area contributed by atoms with Gasteiger partial charge in [-0.1, -0.05) is 19.3 Å². The molecule has 2 rings (SSSR count). The summed E-state index contributed by atoms with van der Waals surface area (Å²) < 4.78 is 0. The molecule has 2 aliphatic carbocycles. The minimum Gasteiger partial charge on any atom is -0.393 e. The zero-order chi connectivity index (χ0) is 5.56. The van der Waals surface area contributed by atoms with Crippen LogP contribution in [0.4, 0.5) is 0 Å². The van der Waals surface area contributed by atoms with E-state index in [1.807, 2.05) is 0 Å². The van der Waals surface area contributed by atoms with Gasteiger partial charge in [-0.25, -0.2) is 0 Å². The first kappa shape index (κ1) is 4.80. The van der Waals surface area contributed by atoms with Crippen LogP contribution in [0.1, 0.15) is 25.7 Å². The highest BCUT2D eigenvalue weighted by Gasteiger charge is 2.43. The molecule has 0 radical (unpaired) electrons. The second-order valence-electron chi connectivity index (χ2n) is 3.16. The second-order valence-corrected chi connectivity index (χ2v) is 3.16. The van der Waals surface area contributed by atoms with Gasteiger partial charge in [-0.2, -0.15) is 0 Å². The lowest BCUT2D eigenvalue weighted by molar-refractivity contribution is 0.196. The Kier molecular flexibility index (Phi) is 0.884. The molecule has 1 N–H and O–H groups in total. The van der Waals surface area contributed by atoms with E-state index in [0.717, 1.165) is 18.3 Å². The van der Waals surface area contributed by atoms with Crippen LogP contribution in [0.15, 0.2) is 0 Å². The quantitative estimate of drug-likeness (QED) is 0.539. The van der Waals surface area contributed by atoms with Gasteiger partial charge in [0.25, 0.3) is 0 Å². The lowest BCUT2D eigenvalue weighted by Gasteiger charge is -2.24. The minimum atomic E-state index is 0.0975. The average Bonchev–Trinajstić information content (AvgIpc) is 2.13. The van der Waals surface area contributed by atoms with Crippen molar-refractivity contribution in [2.45, 2.75) is 31.8 Å². The number of hydrogen-bond acceptors (Lipinski definition) is 1. The molecular formula is C7H12O. The summed E-state index contributed by atoms with van der Waals surface area (Å²) in [6, 6.07) is 0. The molecule has 8 heavy (non-hydrogen) atoms. The van der Waals surface area contributed by atoms with E-state index < -0.39 is 0 Å². The van der Waals surface area contributed by atoms with E-state index in [9.17, 15) is 0 Å². The Balaban J connectivity index is 1.82. The zero-order valence-electron chi connectivity index (χ0n) is 5.01. The van der Waals surface area contributed by atoms with Crippen molar-refractivity contribution in [1.82, 2.24) is 0 Å². The van der Waals surface area contributed by atoms with Crippen molar-refractivity contribution in [2.24, 2.45) is 11.8 Å². The van der Waals surface area contributed by atoms with E-state index in [1.54, 1.807) is 0 Å². The van der Waals surface area contributed by atoms with Gasteiger partial charge in [0.1, 0.15) is 0 Å². The van der Waals surface area contributed by atoms with Gasteiger partial charge in [-0.05, 0) is 18.3 Å². The number of hydrogen-bond donors (Lipinski definition) is 1. The molecule has 2 fully saturated rings. The van der Waals surface area contributed by atoms with Crippen LogP contribution >= 0.6 is 0 Å². The smallest absolute Gasteiger partial charge is 0.0575 e. The van der Waals surface area contributed by atoms with Crippen LogP contribution < -0.4 is 0 Å². The van der Waals surface area contributed by atoms with Gasteiger partial charge in [0.2, 0.25) is 0 Å². The third kappa shape index (κ3) is 0.576. The van der Waals surface area contributed by atoms with Gasteiger partial charge in [0.15, 0.2) is 0 Å². The summed E-state index contributed by atoms with van der Waals surface area (Å²) in [6.45, 7) is 0. The molecule has 2 saturated carbocycles. The molecule has 1 heteroatoms. The highest BCUT2D eigenvalue weighted by atomic mass is 16.3. The molecule has 0 heterocycles. The lowest BCUT2D eigenvalue weighted by atomic mass is 9.81.